The minimum absolute atomic E-state index is 0.330. The molecular weight excluding hydrogens is 222 g/mol. The number of benzene rings is 1. The first-order chi connectivity index (χ1) is 6.96. The van der Waals surface area contributed by atoms with Gasteiger partial charge in [-0.05, 0) is 18.2 Å². The number of hydrogen-bond donors (Lipinski definition) is 2. The SMILES string of the molecule is NS(=O)(=O)CC1NOc2ccc([18F])cc21. The molecule has 0 radical (unpaired) electrons. The zero-order valence-corrected chi connectivity index (χ0v) is 8.42. The third kappa shape index (κ3) is 2.25. The Bertz CT molecular complexity index is 489. The Morgan fingerprint density at radius 3 is 2.93 bits per heavy atom. The van der Waals surface area contributed by atoms with Crippen molar-refractivity contribution in [3.8, 4) is 5.75 Å². The van der Waals surface area contributed by atoms with Crippen LogP contribution in [0.2, 0.25) is 0 Å². The summed E-state index contributed by atoms with van der Waals surface area (Å²) >= 11 is 0. The van der Waals surface area contributed by atoms with Crippen LogP contribution in [0.15, 0.2) is 18.2 Å². The molecule has 0 saturated carbocycles. The number of hydroxylamine groups is 1. The minimum atomic E-state index is -3.63. The van der Waals surface area contributed by atoms with Gasteiger partial charge in [0.15, 0.2) is 5.75 Å². The van der Waals surface area contributed by atoms with E-state index in [1.807, 2.05) is 0 Å². The van der Waals surface area contributed by atoms with Gasteiger partial charge in [0, 0.05) is 5.56 Å². The lowest BCUT2D eigenvalue weighted by atomic mass is 10.1. The molecule has 0 saturated heterocycles. The fourth-order valence-corrected chi connectivity index (χ4v) is 2.15. The van der Waals surface area contributed by atoms with E-state index in [-0.39, 0.29) is 5.75 Å². The minimum Gasteiger partial charge on any atom is -0.408 e. The van der Waals surface area contributed by atoms with Crippen LogP contribution in [0.5, 0.6) is 5.75 Å². The van der Waals surface area contributed by atoms with Crippen molar-refractivity contribution < 1.29 is 17.6 Å². The maximum Gasteiger partial charge on any atom is 0.211 e. The van der Waals surface area contributed by atoms with E-state index in [2.05, 4.69) is 5.48 Å². The molecule has 1 aliphatic rings. The second-order valence-electron chi connectivity index (χ2n) is 3.28. The van der Waals surface area contributed by atoms with E-state index in [1.54, 1.807) is 0 Å². The fourth-order valence-electron chi connectivity index (χ4n) is 1.44. The summed E-state index contributed by atoms with van der Waals surface area (Å²) in [6.07, 6.45) is 0. The molecule has 1 aliphatic heterocycles. The summed E-state index contributed by atoms with van der Waals surface area (Å²) in [6, 6.07) is 3.27. The topological polar surface area (TPSA) is 81.4 Å². The molecule has 82 valence electrons. The van der Waals surface area contributed by atoms with Crippen LogP contribution < -0.4 is 15.5 Å². The number of primary sulfonamides is 1. The van der Waals surface area contributed by atoms with E-state index < -0.39 is 21.9 Å². The maximum atomic E-state index is 12.9. The standard InChI is InChI=1S/C8H9FN2O3S/c9-5-1-2-8-6(3-5)7(11-14-8)4-15(10,12)13/h1-3,7,11H,4H2,(H2,10,12,13)/i9-1. The largest absolute Gasteiger partial charge is 0.408 e. The summed E-state index contributed by atoms with van der Waals surface area (Å²) in [5.41, 5.74) is 2.94. The second kappa shape index (κ2) is 3.44. The number of fused-ring (bicyclic) bond motifs is 1. The van der Waals surface area contributed by atoms with Crippen molar-refractivity contribution >= 4 is 10.0 Å². The molecule has 2 rings (SSSR count). The Balaban J connectivity index is 2.32. The van der Waals surface area contributed by atoms with Gasteiger partial charge in [-0.15, -0.1) is 5.48 Å². The summed E-state index contributed by atoms with van der Waals surface area (Å²) in [5, 5.41) is 4.89. The predicted octanol–water partition coefficient (Wildman–Crippen LogP) is 0.0523. The van der Waals surface area contributed by atoms with Crippen molar-refractivity contribution in [2.75, 3.05) is 5.75 Å². The van der Waals surface area contributed by atoms with Crippen LogP contribution in [-0.2, 0) is 10.0 Å². The maximum absolute atomic E-state index is 12.9. The first-order valence-electron chi connectivity index (χ1n) is 4.18. The van der Waals surface area contributed by atoms with Crippen LogP contribution in [-0.4, -0.2) is 14.2 Å². The summed E-state index contributed by atoms with van der Waals surface area (Å²) in [7, 11) is -3.63. The number of sulfonamides is 1. The van der Waals surface area contributed by atoms with E-state index in [0.717, 1.165) is 0 Å². The molecule has 1 aromatic rings. The Hall–Kier alpha value is -1.18. The van der Waals surface area contributed by atoms with Gasteiger partial charge in [-0.2, -0.15) is 0 Å². The highest BCUT2D eigenvalue weighted by Crippen LogP contribution is 2.31. The van der Waals surface area contributed by atoms with Crippen LogP contribution in [0.1, 0.15) is 11.6 Å². The molecule has 1 aromatic carbocycles. The number of nitrogens with two attached hydrogens (primary N) is 1. The third-order valence-electron chi connectivity index (χ3n) is 2.06. The molecule has 0 aliphatic carbocycles. The Morgan fingerprint density at radius 1 is 1.53 bits per heavy atom. The molecule has 1 unspecified atom stereocenters. The van der Waals surface area contributed by atoms with Crippen LogP contribution in [0.25, 0.3) is 0 Å². The highest BCUT2D eigenvalue weighted by molar-refractivity contribution is 7.89. The van der Waals surface area contributed by atoms with Gasteiger partial charge in [-0.1, -0.05) is 0 Å². The molecule has 0 spiro atoms. The van der Waals surface area contributed by atoms with Crippen LogP contribution in [0.3, 0.4) is 0 Å². The molecular formula is C8H9FN2O3S. The Kier molecular flexibility index (Phi) is 2.37. The van der Waals surface area contributed by atoms with Crippen molar-refractivity contribution in [1.29, 1.82) is 0 Å². The highest BCUT2D eigenvalue weighted by Gasteiger charge is 2.27. The molecule has 1 heterocycles. The molecule has 0 amide bonds. The van der Waals surface area contributed by atoms with E-state index in [0.29, 0.717) is 11.3 Å². The van der Waals surface area contributed by atoms with E-state index >= 15 is 0 Å². The Morgan fingerprint density at radius 2 is 2.27 bits per heavy atom. The lowest BCUT2D eigenvalue weighted by Crippen LogP contribution is -2.28. The molecule has 0 aromatic heterocycles. The van der Waals surface area contributed by atoms with E-state index in [9.17, 15) is 12.8 Å². The molecule has 3 N–H and O–H groups in total. The first-order valence-corrected chi connectivity index (χ1v) is 5.89. The lowest BCUT2D eigenvalue weighted by Gasteiger charge is -2.06. The third-order valence-corrected chi connectivity index (χ3v) is 2.86. The molecule has 0 bridgehead atoms. The quantitative estimate of drug-likeness (QED) is 0.753. The van der Waals surface area contributed by atoms with Crippen molar-refractivity contribution in [1.82, 2.24) is 5.48 Å². The van der Waals surface area contributed by atoms with Gasteiger partial charge in [-0.3, -0.25) is 0 Å². The average Bonchev–Trinajstić information content (AvgIpc) is 2.46. The monoisotopic (exact) mass is 231 g/mol. The number of rotatable bonds is 2. The molecule has 5 nitrogen and oxygen atoms in total. The zero-order valence-electron chi connectivity index (χ0n) is 7.60. The van der Waals surface area contributed by atoms with Gasteiger partial charge in [0.05, 0.1) is 11.8 Å². The smallest absolute Gasteiger partial charge is 0.211 e. The number of nitrogens with one attached hydrogen (secondary N) is 1. The zero-order chi connectivity index (χ0) is 11.1. The number of halogens is 1. The van der Waals surface area contributed by atoms with E-state index in [1.165, 1.54) is 18.2 Å². The van der Waals surface area contributed by atoms with Crippen LogP contribution >= 0.6 is 0 Å². The van der Waals surface area contributed by atoms with Crippen molar-refractivity contribution in [3.05, 3.63) is 29.6 Å². The predicted molar refractivity (Wildman–Crippen MR) is 50.9 cm³/mol. The summed E-state index contributed by atoms with van der Waals surface area (Å²) in [5.74, 6) is -0.353. The van der Waals surface area contributed by atoms with Gasteiger partial charge in [0.1, 0.15) is 5.82 Å². The van der Waals surface area contributed by atoms with E-state index in [4.69, 9.17) is 9.98 Å². The van der Waals surface area contributed by atoms with Crippen molar-refractivity contribution in [3.63, 3.8) is 0 Å². The summed E-state index contributed by atoms with van der Waals surface area (Å²) in [6.45, 7) is 0. The van der Waals surface area contributed by atoms with Gasteiger partial charge < -0.3 is 4.84 Å². The Labute approximate surface area is 86.0 Å². The van der Waals surface area contributed by atoms with Crippen molar-refractivity contribution in [2.45, 2.75) is 6.04 Å². The highest BCUT2D eigenvalue weighted by atomic mass is 32.2. The second-order valence-corrected chi connectivity index (χ2v) is 4.94. The number of hydrogen-bond acceptors (Lipinski definition) is 4. The summed E-state index contributed by atoms with van der Waals surface area (Å²) < 4.78 is 34.6. The van der Waals surface area contributed by atoms with Gasteiger partial charge in [-0.25, -0.2) is 17.9 Å². The molecule has 1 atom stereocenters. The first kappa shape index (κ1) is 10.3. The normalized spacial score (nSPS) is 19.7. The molecule has 0 fully saturated rings. The van der Waals surface area contributed by atoms with Gasteiger partial charge in [0.2, 0.25) is 10.0 Å². The fraction of sp³-hybridized carbons (Fsp3) is 0.250. The van der Waals surface area contributed by atoms with Crippen LogP contribution in [0.4, 0.5) is 4.39 Å². The molecule has 7 heteroatoms. The molecule has 15 heavy (non-hydrogen) atoms. The lowest BCUT2D eigenvalue weighted by molar-refractivity contribution is 0.201. The average molecular weight is 231 g/mol. The van der Waals surface area contributed by atoms with Gasteiger partial charge in [0.25, 0.3) is 0 Å². The van der Waals surface area contributed by atoms with Crippen LogP contribution in [0, 0.1) is 5.82 Å². The van der Waals surface area contributed by atoms with Gasteiger partial charge >= 0.3 is 0 Å². The van der Waals surface area contributed by atoms with Crippen molar-refractivity contribution in [2.24, 2.45) is 5.14 Å². The summed E-state index contributed by atoms with van der Waals surface area (Å²) in [4.78, 5) is 4.98.